The fourth-order valence-electron chi connectivity index (χ4n) is 5.46. The van der Waals surface area contributed by atoms with E-state index < -0.39 is 0 Å². The maximum Gasteiger partial charge on any atom is 0.269 e. The van der Waals surface area contributed by atoms with E-state index in [1.54, 1.807) is 12.2 Å². The van der Waals surface area contributed by atoms with Crippen LogP contribution < -0.4 is 14.5 Å². The van der Waals surface area contributed by atoms with Gasteiger partial charge < -0.3 is 19.3 Å². The molecule has 0 fully saturated rings. The number of nitrogens with zero attached hydrogens (tertiary/aromatic N) is 4. The van der Waals surface area contributed by atoms with E-state index in [2.05, 4.69) is 77.0 Å². The van der Waals surface area contributed by atoms with Gasteiger partial charge in [0.05, 0.1) is 24.0 Å². The Kier molecular flexibility index (Phi) is 8.81. The Labute approximate surface area is 270 Å². The van der Waals surface area contributed by atoms with E-state index >= 15 is 0 Å². The third-order valence-corrected chi connectivity index (χ3v) is 7.81. The largest absolute Gasteiger partial charge is 0.457 e. The third-order valence-electron chi connectivity index (χ3n) is 7.81. The summed E-state index contributed by atoms with van der Waals surface area (Å²) in [5.74, 6) is 2.69. The first-order valence-electron chi connectivity index (χ1n) is 15.2. The van der Waals surface area contributed by atoms with E-state index in [1.807, 2.05) is 78.9 Å². The van der Waals surface area contributed by atoms with Crippen LogP contribution in [0.4, 0.5) is 22.7 Å². The van der Waals surface area contributed by atoms with E-state index in [4.69, 9.17) is 16.0 Å². The molecule has 2 aliphatic heterocycles. The molecule has 0 unspecified atom stereocenters. The number of anilines is 4. The van der Waals surface area contributed by atoms with Crippen molar-refractivity contribution < 1.29 is 9.47 Å². The molecule has 0 amide bonds. The lowest BCUT2D eigenvalue weighted by Gasteiger charge is -2.32. The first kappa shape index (κ1) is 29.8. The molecule has 6 heteroatoms. The van der Waals surface area contributed by atoms with Crippen molar-refractivity contribution in [2.45, 2.75) is 13.8 Å². The molecule has 6 nitrogen and oxygen atoms in total. The van der Waals surface area contributed by atoms with Gasteiger partial charge in [-0.15, -0.1) is 0 Å². The highest BCUT2D eigenvalue weighted by Crippen LogP contribution is 2.50. The van der Waals surface area contributed by atoms with Crippen molar-refractivity contribution in [2.24, 2.45) is 0 Å². The first-order valence-corrected chi connectivity index (χ1v) is 15.2. The Bertz CT molecular complexity index is 1920. The van der Waals surface area contributed by atoms with Gasteiger partial charge in [-0.2, -0.15) is 0 Å². The zero-order chi connectivity index (χ0) is 31.9. The van der Waals surface area contributed by atoms with Gasteiger partial charge in [0.25, 0.3) is 5.70 Å². The van der Waals surface area contributed by atoms with Gasteiger partial charge in [-0.3, -0.25) is 0 Å². The molecular formula is C40H32N4O2. The second-order valence-electron chi connectivity index (χ2n) is 10.6. The molecule has 0 radical (unpaired) electrons. The average Bonchev–Trinajstić information content (AvgIpc) is 3.10. The summed E-state index contributed by atoms with van der Waals surface area (Å²) in [6, 6.07) is 34.6. The van der Waals surface area contributed by atoms with Crippen molar-refractivity contribution in [3.05, 3.63) is 167 Å². The Balaban J connectivity index is 1.22. The van der Waals surface area contributed by atoms with Gasteiger partial charge in [0, 0.05) is 24.5 Å². The SMILES string of the molecule is [C-]#[N+]C(C#N)=C1C=C(C=Cc2ccc(N(CC)CC)cc2)OC(C=Cc2ccc(N3c4ccccc4Oc4ccccc43)cc2)=C1. The van der Waals surface area contributed by atoms with Crippen molar-refractivity contribution in [3.63, 3.8) is 0 Å². The lowest BCUT2D eigenvalue weighted by Crippen LogP contribution is -2.21. The molecule has 2 heterocycles. The number of ether oxygens (including phenoxy) is 2. The lowest BCUT2D eigenvalue weighted by atomic mass is 10.1. The highest BCUT2D eigenvalue weighted by atomic mass is 16.5. The van der Waals surface area contributed by atoms with Gasteiger partial charge in [-0.05, 0) is 103 Å². The molecule has 4 aromatic rings. The van der Waals surface area contributed by atoms with Crippen LogP contribution in [-0.4, -0.2) is 13.1 Å². The number of hydrogen-bond donors (Lipinski definition) is 0. The molecule has 0 aliphatic carbocycles. The van der Waals surface area contributed by atoms with Crippen LogP contribution in [0.15, 0.2) is 144 Å². The molecule has 6 rings (SSSR count). The zero-order valence-corrected chi connectivity index (χ0v) is 25.7. The molecular weight excluding hydrogens is 568 g/mol. The summed E-state index contributed by atoms with van der Waals surface area (Å²) in [7, 11) is 0. The molecule has 0 saturated carbocycles. The van der Waals surface area contributed by atoms with Crippen LogP contribution in [0.25, 0.3) is 17.0 Å². The first-order chi connectivity index (χ1) is 22.6. The second-order valence-corrected chi connectivity index (χ2v) is 10.6. The van der Waals surface area contributed by atoms with Crippen LogP contribution in [0.1, 0.15) is 25.0 Å². The molecule has 224 valence electrons. The van der Waals surface area contributed by atoms with E-state index in [1.165, 1.54) is 5.69 Å². The molecule has 0 atom stereocenters. The van der Waals surface area contributed by atoms with Gasteiger partial charge in [-0.25, -0.2) is 10.1 Å². The van der Waals surface area contributed by atoms with Gasteiger partial charge >= 0.3 is 0 Å². The van der Waals surface area contributed by atoms with Gasteiger partial charge in [0.15, 0.2) is 11.5 Å². The standard InChI is InChI=1S/C40H32N4O2/c1-4-43(5-2)32-20-14-29(15-21-32)18-24-34-26-31(36(28-41)42-3)27-35(45-34)25-19-30-16-22-33(23-17-30)44-37-10-6-8-12-39(37)46-40-13-9-7-11-38(40)44/h6-27H,4-5H2,1-2H3. The average molecular weight is 601 g/mol. The number of nitriles is 1. The summed E-state index contributed by atoms with van der Waals surface area (Å²) in [6.07, 6.45) is 11.1. The van der Waals surface area contributed by atoms with E-state index in [0.29, 0.717) is 17.1 Å². The maximum atomic E-state index is 9.56. The van der Waals surface area contributed by atoms with Crippen LogP contribution in [0, 0.1) is 17.9 Å². The number of fused-ring (bicyclic) bond motifs is 2. The number of rotatable bonds is 8. The summed E-state index contributed by atoms with van der Waals surface area (Å²) in [4.78, 5) is 7.91. The number of para-hydroxylation sites is 4. The van der Waals surface area contributed by atoms with Gasteiger partial charge in [0.2, 0.25) is 0 Å². The minimum Gasteiger partial charge on any atom is -0.457 e. The van der Waals surface area contributed by atoms with Crippen LogP contribution in [0.5, 0.6) is 11.5 Å². The molecule has 0 spiro atoms. The van der Waals surface area contributed by atoms with Crippen molar-refractivity contribution in [1.29, 1.82) is 5.26 Å². The molecule has 2 aliphatic rings. The quantitative estimate of drug-likeness (QED) is 0.131. The summed E-state index contributed by atoms with van der Waals surface area (Å²) >= 11 is 0. The Morgan fingerprint density at radius 3 is 1.76 bits per heavy atom. The zero-order valence-electron chi connectivity index (χ0n) is 25.7. The van der Waals surface area contributed by atoms with Crippen LogP contribution in [-0.2, 0) is 4.74 Å². The lowest BCUT2D eigenvalue weighted by molar-refractivity contribution is 0.332. The topological polar surface area (TPSA) is 53.1 Å². The fraction of sp³-hybridized carbons (Fsp3) is 0.100. The Hall–Kier alpha value is -6.24. The van der Waals surface area contributed by atoms with Gasteiger partial charge in [-0.1, -0.05) is 60.7 Å². The molecule has 46 heavy (non-hydrogen) atoms. The van der Waals surface area contributed by atoms with Crippen molar-refractivity contribution >= 4 is 34.9 Å². The van der Waals surface area contributed by atoms with Crippen molar-refractivity contribution in [2.75, 3.05) is 22.9 Å². The monoisotopic (exact) mass is 600 g/mol. The normalized spacial score (nSPS) is 14.7. The van der Waals surface area contributed by atoms with Crippen molar-refractivity contribution in [1.82, 2.24) is 0 Å². The van der Waals surface area contributed by atoms with E-state index in [-0.39, 0.29) is 5.70 Å². The molecule has 0 saturated heterocycles. The highest BCUT2D eigenvalue weighted by molar-refractivity contribution is 5.86. The minimum atomic E-state index is 0.0131. The third kappa shape index (κ3) is 6.33. The second kappa shape index (κ2) is 13.6. The molecule has 0 bridgehead atoms. The highest BCUT2D eigenvalue weighted by Gasteiger charge is 2.25. The number of hydrogen-bond acceptors (Lipinski definition) is 5. The summed E-state index contributed by atoms with van der Waals surface area (Å²) in [6.45, 7) is 13.7. The van der Waals surface area contributed by atoms with Crippen LogP contribution in [0.2, 0.25) is 0 Å². The number of allylic oxidation sites excluding steroid dienone is 6. The fourth-order valence-corrected chi connectivity index (χ4v) is 5.46. The van der Waals surface area contributed by atoms with Gasteiger partial charge in [0.1, 0.15) is 11.5 Å². The van der Waals surface area contributed by atoms with Crippen molar-refractivity contribution in [3.8, 4) is 17.6 Å². The summed E-state index contributed by atoms with van der Waals surface area (Å²) < 4.78 is 12.3. The Morgan fingerprint density at radius 1 is 0.739 bits per heavy atom. The van der Waals surface area contributed by atoms with E-state index in [9.17, 15) is 5.26 Å². The molecule has 0 aromatic heterocycles. The minimum absolute atomic E-state index is 0.0131. The predicted octanol–water partition coefficient (Wildman–Crippen LogP) is 10.3. The molecule has 0 N–H and O–H groups in total. The summed E-state index contributed by atoms with van der Waals surface area (Å²) in [5.41, 5.74) is 6.66. The predicted molar refractivity (Wildman–Crippen MR) is 186 cm³/mol. The van der Waals surface area contributed by atoms with Crippen LogP contribution in [0.3, 0.4) is 0 Å². The number of benzene rings is 4. The van der Waals surface area contributed by atoms with Crippen LogP contribution >= 0.6 is 0 Å². The maximum absolute atomic E-state index is 9.56. The summed E-state index contributed by atoms with van der Waals surface area (Å²) in [5, 5.41) is 9.56. The molecule has 4 aromatic carbocycles. The Morgan fingerprint density at radius 2 is 1.26 bits per heavy atom. The van der Waals surface area contributed by atoms with E-state index in [0.717, 1.165) is 52.8 Å². The smallest absolute Gasteiger partial charge is 0.269 e.